The number of rotatable bonds is 6. The van der Waals surface area contributed by atoms with E-state index in [0.29, 0.717) is 21.6 Å². The molecular formula is C23H15F2N5S2. The van der Waals surface area contributed by atoms with Crippen molar-refractivity contribution >= 4 is 44.3 Å². The summed E-state index contributed by atoms with van der Waals surface area (Å²) in [4.78, 5) is 13.4. The zero-order valence-electron chi connectivity index (χ0n) is 16.4. The van der Waals surface area contributed by atoms with Crippen molar-refractivity contribution in [3.05, 3.63) is 89.4 Å². The summed E-state index contributed by atoms with van der Waals surface area (Å²) in [5.74, 6) is -0.674. The van der Waals surface area contributed by atoms with Crippen LogP contribution in [0.1, 0.15) is 0 Å². The number of benzene rings is 2. The molecule has 3 heterocycles. The molecule has 0 fully saturated rings. The van der Waals surface area contributed by atoms with E-state index in [1.54, 1.807) is 48.8 Å². The van der Waals surface area contributed by atoms with Crippen molar-refractivity contribution in [2.75, 3.05) is 10.6 Å². The molecule has 0 aliphatic carbocycles. The molecule has 5 nitrogen and oxygen atoms in total. The molecule has 0 bridgehead atoms. The minimum Gasteiger partial charge on any atom is -0.329 e. The summed E-state index contributed by atoms with van der Waals surface area (Å²) < 4.78 is 27.8. The number of hydrogen-bond acceptors (Lipinski definition) is 7. The molecule has 0 unspecified atom stereocenters. The summed E-state index contributed by atoms with van der Waals surface area (Å²) in [6, 6.07) is 14.9. The number of thiazole rings is 2. The predicted octanol–water partition coefficient (Wildman–Crippen LogP) is 7.09. The number of para-hydroxylation sites is 2. The standard InChI is InChI=1S/C23H15F2N5S2/c24-16-5-1-3-7-18(16)27-22-29-20(12-31-22)14-9-15(11-26-10-14)21-13-32-23(30-21)28-19-8-4-2-6-17(19)25/h1-13H,(H,27,29)(H,28,30). The van der Waals surface area contributed by atoms with Crippen LogP contribution in [-0.2, 0) is 0 Å². The summed E-state index contributed by atoms with van der Waals surface area (Å²) in [5, 5.41) is 10.9. The second-order valence-corrected chi connectivity index (χ2v) is 8.46. The first kappa shape index (κ1) is 20.2. The van der Waals surface area contributed by atoms with E-state index in [9.17, 15) is 8.78 Å². The molecule has 2 N–H and O–H groups in total. The van der Waals surface area contributed by atoms with Gasteiger partial charge >= 0.3 is 0 Å². The Kier molecular flexibility index (Phi) is 5.57. The van der Waals surface area contributed by atoms with Gasteiger partial charge in [-0.25, -0.2) is 18.7 Å². The van der Waals surface area contributed by atoms with E-state index < -0.39 is 0 Å². The van der Waals surface area contributed by atoms with Crippen molar-refractivity contribution in [1.82, 2.24) is 15.0 Å². The lowest BCUT2D eigenvalue weighted by Gasteiger charge is -2.04. The van der Waals surface area contributed by atoms with Crippen molar-refractivity contribution in [3.8, 4) is 22.5 Å². The topological polar surface area (TPSA) is 62.7 Å². The Morgan fingerprint density at radius 1 is 0.656 bits per heavy atom. The summed E-state index contributed by atoms with van der Waals surface area (Å²) in [5.41, 5.74) is 3.83. The van der Waals surface area contributed by atoms with Gasteiger partial charge in [0.05, 0.1) is 22.8 Å². The van der Waals surface area contributed by atoms with Crippen LogP contribution >= 0.6 is 22.7 Å². The van der Waals surface area contributed by atoms with Gasteiger partial charge in [-0.1, -0.05) is 24.3 Å². The number of pyridine rings is 1. The minimum absolute atomic E-state index is 0.337. The predicted molar refractivity (Wildman–Crippen MR) is 126 cm³/mol. The van der Waals surface area contributed by atoms with Crippen LogP contribution in [0.3, 0.4) is 0 Å². The maximum absolute atomic E-state index is 13.9. The maximum atomic E-state index is 13.9. The highest BCUT2D eigenvalue weighted by Crippen LogP contribution is 2.32. The zero-order chi connectivity index (χ0) is 21.9. The van der Waals surface area contributed by atoms with Gasteiger partial charge in [0, 0.05) is 34.3 Å². The van der Waals surface area contributed by atoms with Crippen LogP contribution in [0.15, 0.2) is 77.8 Å². The van der Waals surface area contributed by atoms with E-state index in [-0.39, 0.29) is 11.6 Å². The molecule has 0 aliphatic rings. The van der Waals surface area contributed by atoms with Gasteiger partial charge < -0.3 is 10.6 Å². The number of nitrogens with one attached hydrogen (secondary N) is 2. The highest BCUT2D eigenvalue weighted by molar-refractivity contribution is 7.14. The van der Waals surface area contributed by atoms with Crippen LogP contribution < -0.4 is 10.6 Å². The van der Waals surface area contributed by atoms with Crippen molar-refractivity contribution < 1.29 is 8.78 Å². The van der Waals surface area contributed by atoms with Crippen LogP contribution in [0.25, 0.3) is 22.5 Å². The van der Waals surface area contributed by atoms with Crippen LogP contribution in [0.4, 0.5) is 30.4 Å². The van der Waals surface area contributed by atoms with E-state index >= 15 is 0 Å². The van der Waals surface area contributed by atoms with Crippen molar-refractivity contribution in [2.24, 2.45) is 0 Å². The van der Waals surface area contributed by atoms with E-state index in [0.717, 1.165) is 22.5 Å². The molecule has 0 saturated heterocycles. The summed E-state index contributed by atoms with van der Waals surface area (Å²) >= 11 is 2.76. The highest BCUT2D eigenvalue weighted by Gasteiger charge is 2.11. The molecule has 0 amide bonds. The Bertz CT molecular complexity index is 1280. The van der Waals surface area contributed by atoms with E-state index in [2.05, 4.69) is 25.6 Å². The molecule has 0 saturated carbocycles. The maximum Gasteiger partial charge on any atom is 0.187 e. The Balaban J connectivity index is 1.36. The summed E-state index contributed by atoms with van der Waals surface area (Å²) in [6.07, 6.45) is 3.44. The third-order valence-electron chi connectivity index (χ3n) is 4.57. The molecule has 3 aromatic heterocycles. The van der Waals surface area contributed by atoms with E-state index in [4.69, 9.17) is 0 Å². The van der Waals surface area contributed by atoms with Crippen molar-refractivity contribution in [2.45, 2.75) is 0 Å². The largest absolute Gasteiger partial charge is 0.329 e. The van der Waals surface area contributed by atoms with Crippen LogP contribution in [-0.4, -0.2) is 15.0 Å². The highest BCUT2D eigenvalue weighted by atomic mass is 32.1. The first-order valence-corrected chi connectivity index (χ1v) is 11.3. The zero-order valence-corrected chi connectivity index (χ0v) is 18.1. The van der Waals surface area contributed by atoms with Gasteiger partial charge in [-0.05, 0) is 30.3 Å². The molecule has 5 aromatic rings. The van der Waals surface area contributed by atoms with Crippen LogP contribution in [0.2, 0.25) is 0 Å². The average Bonchev–Trinajstić information content (AvgIpc) is 3.47. The second kappa shape index (κ2) is 8.81. The molecule has 9 heteroatoms. The van der Waals surface area contributed by atoms with E-state index in [1.807, 2.05) is 16.8 Å². The fraction of sp³-hybridized carbons (Fsp3) is 0. The average molecular weight is 464 g/mol. The van der Waals surface area contributed by atoms with Crippen LogP contribution in [0, 0.1) is 11.6 Å². The molecule has 2 aromatic carbocycles. The minimum atomic E-state index is -0.337. The molecule has 0 radical (unpaired) electrons. The quantitative estimate of drug-likeness (QED) is 0.281. The lowest BCUT2D eigenvalue weighted by Crippen LogP contribution is -1.93. The summed E-state index contributed by atoms with van der Waals surface area (Å²) in [7, 11) is 0. The first-order valence-electron chi connectivity index (χ1n) is 9.56. The van der Waals surface area contributed by atoms with Gasteiger partial charge in [-0.15, -0.1) is 22.7 Å². The normalized spacial score (nSPS) is 10.8. The molecule has 158 valence electrons. The molecule has 0 spiro atoms. The Labute approximate surface area is 190 Å². The molecular weight excluding hydrogens is 448 g/mol. The van der Waals surface area contributed by atoms with Gasteiger partial charge in [-0.3, -0.25) is 4.98 Å². The molecule has 5 rings (SSSR count). The third kappa shape index (κ3) is 4.34. The molecule has 0 aliphatic heterocycles. The Hall–Kier alpha value is -3.69. The monoisotopic (exact) mass is 463 g/mol. The third-order valence-corrected chi connectivity index (χ3v) is 6.08. The molecule has 32 heavy (non-hydrogen) atoms. The lowest BCUT2D eigenvalue weighted by molar-refractivity contribution is 0.631. The fourth-order valence-electron chi connectivity index (χ4n) is 3.00. The lowest BCUT2D eigenvalue weighted by atomic mass is 10.1. The first-order chi connectivity index (χ1) is 15.7. The Morgan fingerprint density at radius 3 is 1.59 bits per heavy atom. The van der Waals surface area contributed by atoms with Crippen molar-refractivity contribution in [3.63, 3.8) is 0 Å². The van der Waals surface area contributed by atoms with Gasteiger partial charge in [0.1, 0.15) is 11.6 Å². The van der Waals surface area contributed by atoms with Crippen LogP contribution in [0.5, 0.6) is 0 Å². The van der Waals surface area contributed by atoms with Gasteiger partial charge in [0.15, 0.2) is 10.3 Å². The van der Waals surface area contributed by atoms with Crippen molar-refractivity contribution in [1.29, 1.82) is 0 Å². The van der Waals surface area contributed by atoms with Gasteiger partial charge in [-0.2, -0.15) is 0 Å². The number of hydrogen-bond donors (Lipinski definition) is 2. The summed E-state index contributed by atoms with van der Waals surface area (Å²) in [6.45, 7) is 0. The van der Waals surface area contributed by atoms with E-state index in [1.165, 1.54) is 34.8 Å². The fourth-order valence-corrected chi connectivity index (χ4v) is 4.47. The van der Waals surface area contributed by atoms with Gasteiger partial charge in [0.2, 0.25) is 0 Å². The Morgan fingerprint density at radius 2 is 1.12 bits per heavy atom. The SMILES string of the molecule is Fc1ccccc1Nc1nc(-c2cncc(-c3csc(Nc4ccccc4F)n3)c2)cs1. The second-order valence-electron chi connectivity index (χ2n) is 6.75. The smallest absolute Gasteiger partial charge is 0.187 e. The number of aromatic nitrogens is 3. The number of nitrogens with zero attached hydrogens (tertiary/aromatic N) is 3. The number of anilines is 4. The van der Waals surface area contributed by atoms with Gasteiger partial charge in [0.25, 0.3) is 0 Å². The molecule has 0 atom stereocenters. The number of halogens is 2.